The smallest absolute Gasteiger partial charge is 0.113 e. The molecule has 70 valence electrons. The Morgan fingerprint density at radius 2 is 1.92 bits per heavy atom. The highest BCUT2D eigenvalue weighted by atomic mass is 19.1. The van der Waals surface area contributed by atoms with Crippen LogP contribution in [0.5, 0.6) is 0 Å². The van der Waals surface area contributed by atoms with Crippen molar-refractivity contribution in [3.05, 3.63) is 35.9 Å². The summed E-state index contributed by atoms with van der Waals surface area (Å²) in [5.41, 5.74) is 1.27. The van der Waals surface area contributed by atoms with E-state index < -0.39 is 6.17 Å². The monoisotopic (exact) mass is 179 g/mol. The molecular weight excluding hydrogens is 165 g/mol. The zero-order chi connectivity index (χ0) is 9.10. The van der Waals surface area contributed by atoms with E-state index in [1.54, 1.807) is 0 Å². The molecule has 1 fully saturated rings. The Balaban J connectivity index is 2.03. The molecule has 2 unspecified atom stereocenters. The third-order valence-corrected chi connectivity index (χ3v) is 2.56. The van der Waals surface area contributed by atoms with Crippen LogP contribution in [0.4, 0.5) is 4.39 Å². The van der Waals surface area contributed by atoms with Gasteiger partial charge in [0.2, 0.25) is 0 Å². The Labute approximate surface area is 78.0 Å². The first kappa shape index (κ1) is 8.70. The van der Waals surface area contributed by atoms with E-state index in [1.165, 1.54) is 5.56 Å². The second-order valence-electron chi connectivity index (χ2n) is 3.55. The number of nitrogens with one attached hydrogen (secondary N) is 1. The van der Waals surface area contributed by atoms with Crippen molar-refractivity contribution in [3.8, 4) is 0 Å². The first-order chi connectivity index (χ1) is 6.36. The molecule has 0 radical (unpaired) electrons. The van der Waals surface area contributed by atoms with Gasteiger partial charge in [-0.1, -0.05) is 30.3 Å². The SMILES string of the molecule is FC1CCC(c2ccccc2)NC1. The predicted molar refractivity (Wildman–Crippen MR) is 51.3 cm³/mol. The van der Waals surface area contributed by atoms with Crippen LogP contribution in [0, 0.1) is 0 Å². The summed E-state index contributed by atoms with van der Waals surface area (Å²) in [6.45, 7) is 0.500. The molecule has 0 spiro atoms. The van der Waals surface area contributed by atoms with Gasteiger partial charge in [-0.05, 0) is 18.4 Å². The average Bonchev–Trinajstić information content (AvgIpc) is 2.20. The molecule has 0 amide bonds. The van der Waals surface area contributed by atoms with E-state index in [-0.39, 0.29) is 0 Å². The molecule has 0 bridgehead atoms. The van der Waals surface area contributed by atoms with Crippen molar-refractivity contribution in [2.75, 3.05) is 6.54 Å². The molecule has 1 aromatic carbocycles. The number of halogens is 1. The van der Waals surface area contributed by atoms with Crippen LogP contribution in [0.1, 0.15) is 24.4 Å². The maximum Gasteiger partial charge on any atom is 0.113 e. The number of piperidine rings is 1. The quantitative estimate of drug-likeness (QED) is 0.698. The number of hydrogen-bond donors (Lipinski definition) is 1. The first-order valence-electron chi connectivity index (χ1n) is 4.78. The van der Waals surface area contributed by atoms with Crippen LogP contribution in [0.2, 0.25) is 0 Å². The van der Waals surface area contributed by atoms with Gasteiger partial charge in [-0.3, -0.25) is 0 Å². The van der Waals surface area contributed by atoms with Gasteiger partial charge in [0.05, 0.1) is 0 Å². The van der Waals surface area contributed by atoms with Gasteiger partial charge in [-0.25, -0.2) is 4.39 Å². The molecule has 1 aromatic rings. The summed E-state index contributed by atoms with van der Waals surface area (Å²) >= 11 is 0. The minimum atomic E-state index is -0.653. The molecule has 0 aromatic heterocycles. The molecule has 0 saturated carbocycles. The van der Waals surface area contributed by atoms with Crippen LogP contribution in [0.15, 0.2) is 30.3 Å². The molecular formula is C11H14FN. The normalized spacial score (nSPS) is 28.7. The second-order valence-corrected chi connectivity index (χ2v) is 3.55. The van der Waals surface area contributed by atoms with E-state index >= 15 is 0 Å². The number of benzene rings is 1. The van der Waals surface area contributed by atoms with Gasteiger partial charge < -0.3 is 5.32 Å². The lowest BCUT2D eigenvalue weighted by Gasteiger charge is -2.26. The summed E-state index contributed by atoms with van der Waals surface area (Å²) in [6, 6.07) is 10.6. The molecule has 2 atom stereocenters. The molecule has 1 aliphatic rings. The summed E-state index contributed by atoms with van der Waals surface area (Å²) in [5, 5.41) is 3.21. The van der Waals surface area contributed by atoms with Crippen LogP contribution in [0.3, 0.4) is 0 Å². The first-order valence-corrected chi connectivity index (χ1v) is 4.78. The molecule has 2 heteroatoms. The van der Waals surface area contributed by atoms with Gasteiger partial charge in [0.1, 0.15) is 6.17 Å². The fourth-order valence-electron chi connectivity index (χ4n) is 1.79. The molecule has 13 heavy (non-hydrogen) atoms. The van der Waals surface area contributed by atoms with Gasteiger partial charge in [0.25, 0.3) is 0 Å². The molecule has 1 heterocycles. The van der Waals surface area contributed by atoms with Crippen LogP contribution < -0.4 is 5.32 Å². The van der Waals surface area contributed by atoms with E-state index in [2.05, 4.69) is 17.4 Å². The fourth-order valence-corrected chi connectivity index (χ4v) is 1.79. The number of hydrogen-bond acceptors (Lipinski definition) is 1. The summed E-state index contributed by atoms with van der Waals surface area (Å²) in [4.78, 5) is 0. The standard InChI is InChI=1S/C11H14FN/c12-10-6-7-11(13-8-10)9-4-2-1-3-5-9/h1-5,10-11,13H,6-8H2. The molecule has 1 N–H and O–H groups in total. The van der Waals surface area contributed by atoms with Crippen molar-refractivity contribution >= 4 is 0 Å². The zero-order valence-corrected chi connectivity index (χ0v) is 7.54. The fraction of sp³-hybridized carbons (Fsp3) is 0.455. The van der Waals surface area contributed by atoms with Gasteiger partial charge in [0, 0.05) is 12.6 Å². The van der Waals surface area contributed by atoms with Crippen molar-refractivity contribution < 1.29 is 4.39 Å². The Morgan fingerprint density at radius 3 is 2.54 bits per heavy atom. The number of alkyl halides is 1. The van der Waals surface area contributed by atoms with Crippen LogP contribution >= 0.6 is 0 Å². The van der Waals surface area contributed by atoms with E-state index in [4.69, 9.17) is 0 Å². The van der Waals surface area contributed by atoms with Gasteiger partial charge >= 0.3 is 0 Å². The summed E-state index contributed by atoms with van der Waals surface area (Å²) in [5.74, 6) is 0. The average molecular weight is 179 g/mol. The topological polar surface area (TPSA) is 12.0 Å². The summed E-state index contributed by atoms with van der Waals surface area (Å²) < 4.78 is 12.8. The van der Waals surface area contributed by atoms with Gasteiger partial charge in [-0.15, -0.1) is 0 Å². The Morgan fingerprint density at radius 1 is 1.15 bits per heavy atom. The van der Waals surface area contributed by atoms with Crippen molar-refractivity contribution in [2.45, 2.75) is 25.1 Å². The molecule has 0 aliphatic carbocycles. The van der Waals surface area contributed by atoms with Crippen molar-refractivity contribution in [3.63, 3.8) is 0 Å². The highest BCUT2D eigenvalue weighted by Crippen LogP contribution is 2.23. The maximum absolute atomic E-state index is 12.8. The lowest BCUT2D eigenvalue weighted by atomic mass is 9.97. The van der Waals surface area contributed by atoms with Crippen LogP contribution in [-0.2, 0) is 0 Å². The Bertz CT molecular complexity index is 252. The predicted octanol–water partition coefficient (Wildman–Crippen LogP) is 2.45. The van der Waals surface area contributed by atoms with Crippen molar-refractivity contribution in [1.82, 2.24) is 5.32 Å². The highest BCUT2D eigenvalue weighted by Gasteiger charge is 2.20. The maximum atomic E-state index is 12.8. The Hall–Kier alpha value is -0.890. The lowest BCUT2D eigenvalue weighted by molar-refractivity contribution is 0.234. The molecule has 1 saturated heterocycles. The molecule has 2 rings (SSSR count). The van der Waals surface area contributed by atoms with Crippen LogP contribution in [0.25, 0.3) is 0 Å². The van der Waals surface area contributed by atoms with Gasteiger partial charge in [0.15, 0.2) is 0 Å². The van der Waals surface area contributed by atoms with Crippen molar-refractivity contribution in [1.29, 1.82) is 0 Å². The zero-order valence-electron chi connectivity index (χ0n) is 7.54. The van der Waals surface area contributed by atoms with E-state index in [0.717, 1.165) is 6.42 Å². The Kier molecular flexibility index (Phi) is 2.60. The molecule has 1 nitrogen and oxygen atoms in total. The minimum Gasteiger partial charge on any atom is -0.307 e. The second kappa shape index (κ2) is 3.88. The van der Waals surface area contributed by atoms with Crippen LogP contribution in [-0.4, -0.2) is 12.7 Å². The largest absolute Gasteiger partial charge is 0.307 e. The van der Waals surface area contributed by atoms with E-state index in [9.17, 15) is 4.39 Å². The number of rotatable bonds is 1. The van der Waals surface area contributed by atoms with E-state index in [0.29, 0.717) is 19.0 Å². The summed E-state index contributed by atoms with van der Waals surface area (Å²) in [7, 11) is 0. The lowest BCUT2D eigenvalue weighted by Crippen LogP contribution is -2.34. The third-order valence-electron chi connectivity index (χ3n) is 2.56. The minimum absolute atomic E-state index is 0.355. The van der Waals surface area contributed by atoms with Gasteiger partial charge in [-0.2, -0.15) is 0 Å². The summed E-state index contributed by atoms with van der Waals surface area (Å²) in [6.07, 6.45) is 0.942. The molecule has 1 aliphatic heterocycles. The van der Waals surface area contributed by atoms with E-state index in [1.807, 2.05) is 18.2 Å². The third kappa shape index (κ3) is 2.07. The highest BCUT2D eigenvalue weighted by molar-refractivity contribution is 5.19. The van der Waals surface area contributed by atoms with Crippen molar-refractivity contribution in [2.24, 2.45) is 0 Å².